The van der Waals surface area contributed by atoms with E-state index >= 15 is 0 Å². The molecule has 0 aromatic heterocycles. The second-order valence-corrected chi connectivity index (χ2v) is 7.02. The first-order valence-corrected chi connectivity index (χ1v) is 8.35. The zero-order valence-electron chi connectivity index (χ0n) is 13.7. The maximum Gasteiger partial charge on any atom is 0.303 e. The van der Waals surface area contributed by atoms with Crippen LogP contribution >= 0.6 is 0 Å². The molecule has 0 radical (unpaired) electrons. The van der Waals surface area contributed by atoms with Gasteiger partial charge in [-0.15, -0.1) is 0 Å². The summed E-state index contributed by atoms with van der Waals surface area (Å²) in [7, 11) is 0. The molecular formula is C17H33NO2. The van der Waals surface area contributed by atoms with Crippen LogP contribution < -0.4 is 0 Å². The van der Waals surface area contributed by atoms with Crippen LogP contribution in [0.4, 0.5) is 0 Å². The van der Waals surface area contributed by atoms with E-state index in [4.69, 9.17) is 4.74 Å². The molecule has 0 bridgehead atoms. The predicted octanol–water partition coefficient (Wildman–Crippen LogP) is 4.36. The first-order chi connectivity index (χ1) is 9.49. The fraction of sp³-hybridized carbons (Fsp3) is 0.941. The zero-order chi connectivity index (χ0) is 14.8. The Morgan fingerprint density at radius 3 is 2.00 bits per heavy atom. The molecule has 0 N–H and O–H groups in total. The topological polar surface area (TPSA) is 29.5 Å². The van der Waals surface area contributed by atoms with Gasteiger partial charge in [0, 0.05) is 20.0 Å². The number of carbonyl (C=O) groups is 1. The van der Waals surface area contributed by atoms with Gasteiger partial charge in [-0.1, -0.05) is 46.0 Å². The van der Waals surface area contributed by atoms with Gasteiger partial charge in [0.2, 0.25) is 0 Å². The van der Waals surface area contributed by atoms with Crippen molar-refractivity contribution in [3.8, 4) is 0 Å². The molecule has 0 aliphatic carbocycles. The normalized spacial score (nSPS) is 23.1. The Hall–Kier alpha value is -0.570. The predicted molar refractivity (Wildman–Crippen MR) is 83.5 cm³/mol. The van der Waals surface area contributed by atoms with Crippen molar-refractivity contribution in [1.29, 1.82) is 0 Å². The Labute approximate surface area is 125 Å². The highest BCUT2D eigenvalue weighted by molar-refractivity contribution is 5.65. The molecule has 3 nitrogen and oxygen atoms in total. The fourth-order valence-corrected chi connectivity index (χ4v) is 2.96. The fourth-order valence-electron chi connectivity index (χ4n) is 2.96. The molecule has 1 saturated heterocycles. The molecule has 3 heteroatoms. The van der Waals surface area contributed by atoms with Crippen molar-refractivity contribution < 1.29 is 9.53 Å². The van der Waals surface area contributed by atoms with Gasteiger partial charge in [0.25, 0.3) is 0 Å². The summed E-state index contributed by atoms with van der Waals surface area (Å²) in [6, 6.07) is 0. The van der Waals surface area contributed by atoms with Crippen molar-refractivity contribution >= 4 is 5.97 Å². The molecule has 20 heavy (non-hydrogen) atoms. The van der Waals surface area contributed by atoms with Crippen LogP contribution in [-0.4, -0.2) is 30.7 Å². The van der Waals surface area contributed by atoms with Gasteiger partial charge in [-0.2, -0.15) is 0 Å². The van der Waals surface area contributed by atoms with E-state index in [1.165, 1.54) is 64.7 Å². The molecule has 118 valence electrons. The molecule has 0 amide bonds. The lowest BCUT2D eigenvalue weighted by molar-refractivity contribution is -0.145. The van der Waals surface area contributed by atoms with Crippen molar-refractivity contribution in [1.82, 2.24) is 4.90 Å². The van der Waals surface area contributed by atoms with Crippen molar-refractivity contribution in [3.05, 3.63) is 0 Å². The highest BCUT2D eigenvalue weighted by atomic mass is 16.5. The highest BCUT2D eigenvalue weighted by Gasteiger charge is 2.17. The van der Waals surface area contributed by atoms with Crippen LogP contribution in [0.3, 0.4) is 0 Å². The third kappa shape index (κ3) is 8.57. The molecule has 0 aromatic carbocycles. The number of ether oxygens (including phenoxy) is 1. The molecule has 1 aliphatic heterocycles. The summed E-state index contributed by atoms with van der Waals surface area (Å²) in [5.41, 5.74) is 0.519. The van der Waals surface area contributed by atoms with E-state index in [-0.39, 0.29) is 5.97 Å². The van der Waals surface area contributed by atoms with E-state index in [9.17, 15) is 4.79 Å². The number of hydrogen-bond donors (Lipinski definition) is 0. The van der Waals surface area contributed by atoms with E-state index < -0.39 is 0 Å². The smallest absolute Gasteiger partial charge is 0.303 e. The molecule has 1 aliphatic rings. The van der Waals surface area contributed by atoms with Crippen molar-refractivity contribution in [3.63, 3.8) is 0 Å². The number of nitrogens with zero attached hydrogens (tertiary/aromatic N) is 1. The molecule has 1 rings (SSSR count). The van der Waals surface area contributed by atoms with E-state index in [1.807, 2.05) is 0 Å². The van der Waals surface area contributed by atoms with Crippen LogP contribution in [0, 0.1) is 5.41 Å². The molecule has 1 heterocycles. The molecule has 0 aromatic rings. The van der Waals surface area contributed by atoms with E-state index in [1.54, 1.807) is 0 Å². The van der Waals surface area contributed by atoms with E-state index in [0.717, 1.165) is 13.1 Å². The number of carbonyl (C=O) groups excluding carboxylic acids is 1. The standard InChI is InChI=1S/C17H33NO2/c1-16(19)20-15-18-13-9-5-4-7-11-17(2,3)12-8-6-10-14-18/h4-15H2,1-3H3. The van der Waals surface area contributed by atoms with Crippen molar-refractivity contribution in [2.45, 2.75) is 78.6 Å². The first-order valence-electron chi connectivity index (χ1n) is 8.35. The summed E-state index contributed by atoms with van der Waals surface area (Å²) in [5, 5.41) is 0. The maximum absolute atomic E-state index is 10.9. The zero-order valence-corrected chi connectivity index (χ0v) is 13.7. The van der Waals surface area contributed by atoms with Crippen LogP contribution in [0.25, 0.3) is 0 Å². The number of hydrogen-bond acceptors (Lipinski definition) is 3. The summed E-state index contributed by atoms with van der Waals surface area (Å²) < 4.78 is 5.15. The van der Waals surface area contributed by atoms with Crippen LogP contribution in [0.1, 0.15) is 78.6 Å². The van der Waals surface area contributed by atoms with Crippen LogP contribution in [0.15, 0.2) is 0 Å². The Balaban J connectivity index is 2.37. The van der Waals surface area contributed by atoms with Crippen LogP contribution in [-0.2, 0) is 9.53 Å². The summed E-state index contributed by atoms with van der Waals surface area (Å²) in [6.45, 7) is 8.92. The Bertz CT molecular complexity index is 276. The summed E-state index contributed by atoms with van der Waals surface area (Å²) in [5.74, 6) is -0.172. The first kappa shape index (κ1) is 17.5. The van der Waals surface area contributed by atoms with Gasteiger partial charge in [-0.05, 0) is 31.1 Å². The summed E-state index contributed by atoms with van der Waals surface area (Å²) >= 11 is 0. The lowest BCUT2D eigenvalue weighted by Crippen LogP contribution is -2.29. The molecule has 0 atom stereocenters. The van der Waals surface area contributed by atoms with Gasteiger partial charge < -0.3 is 4.74 Å². The maximum atomic E-state index is 10.9. The largest absolute Gasteiger partial charge is 0.450 e. The average molecular weight is 283 g/mol. The quantitative estimate of drug-likeness (QED) is 0.705. The van der Waals surface area contributed by atoms with E-state index in [0.29, 0.717) is 12.1 Å². The van der Waals surface area contributed by atoms with Crippen molar-refractivity contribution in [2.75, 3.05) is 19.8 Å². The SMILES string of the molecule is CC(=O)OCN1CCCCCCC(C)(C)CCCCC1. The van der Waals surface area contributed by atoms with E-state index in [2.05, 4.69) is 18.7 Å². The average Bonchev–Trinajstić information content (AvgIpc) is 2.38. The van der Waals surface area contributed by atoms with Crippen molar-refractivity contribution in [2.24, 2.45) is 5.41 Å². The van der Waals surface area contributed by atoms with Gasteiger partial charge in [0.15, 0.2) is 0 Å². The molecule has 0 saturated carbocycles. The minimum Gasteiger partial charge on any atom is -0.450 e. The lowest BCUT2D eigenvalue weighted by atomic mass is 9.82. The van der Waals surface area contributed by atoms with Gasteiger partial charge in [-0.25, -0.2) is 0 Å². The monoisotopic (exact) mass is 283 g/mol. The second-order valence-electron chi connectivity index (χ2n) is 7.02. The Morgan fingerprint density at radius 1 is 0.950 bits per heavy atom. The van der Waals surface area contributed by atoms with Gasteiger partial charge in [0.05, 0.1) is 0 Å². The second kappa shape index (κ2) is 9.38. The van der Waals surface area contributed by atoms with Gasteiger partial charge in [-0.3, -0.25) is 9.69 Å². The number of esters is 1. The third-order valence-corrected chi connectivity index (χ3v) is 4.36. The summed E-state index contributed by atoms with van der Waals surface area (Å²) in [6.07, 6.45) is 11.8. The molecular weight excluding hydrogens is 250 g/mol. The Kier molecular flexibility index (Phi) is 8.20. The van der Waals surface area contributed by atoms with Crippen LogP contribution in [0.2, 0.25) is 0 Å². The summed E-state index contributed by atoms with van der Waals surface area (Å²) in [4.78, 5) is 13.2. The van der Waals surface area contributed by atoms with Crippen LogP contribution in [0.5, 0.6) is 0 Å². The minimum atomic E-state index is -0.172. The third-order valence-electron chi connectivity index (χ3n) is 4.36. The lowest BCUT2D eigenvalue weighted by Gasteiger charge is -2.24. The van der Waals surface area contributed by atoms with Gasteiger partial charge in [0.1, 0.15) is 6.73 Å². The Morgan fingerprint density at radius 2 is 1.45 bits per heavy atom. The molecule has 0 spiro atoms. The highest BCUT2D eigenvalue weighted by Crippen LogP contribution is 2.30. The minimum absolute atomic E-state index is 0.172. The number of rotatable bonds is 2. The van der Waals surface area contributed by atoms with Gasteiger partial charge >= 0.3 is 5.97 Å². The molecule has 1 fully saturated rings. The molecule has 0 unspecified atom stereocenters.